The molecular formula is C13H17Br. The van der Waals surface area contributed by atoms with Gasteiger partial charge in [0.05, 0.1) is 0 Å². The molecule has 14 heavy (non-hydrogen) atoms. The van der Waals surface area contributed by atoms with Crippen molar-refractivity contribution in [3.05, 3.63) is 42.5 Å². The zero-order valence-electron chi connectivity index (χ0n) is 9.05. The average molecular weight is 253 g/mol. The summed E-state index contributed by atoms with van der Waals surface area (Å²) in [6, 6.07) is 10.3. The van der Waals surface area contributed by atoms with Gasteiger partial charge in [-0.1, -0.05) is 73.6 Å². The Morgan fingerprint density at radius 3 is 2.14 bits per heavy atom. The number of hydrogen-bond donors (Lipinski definition) is 0. The molecule has 0 aromatic heterocycles. The number of rotatable bonds is 2. The van der Waals surface area contributed by atoms with E-state index in [1.807, 2.05) is 18.2 Å². The molecule has 0 N–H and O–H groups in total. The Bertz CT molecular complexity index is 306. The summed E-state index contributed by atoms with van der Waals surface area (Å²) in [4.78, 5) is 0.317. The second-order valence-corrected chi connectivity index (χ2v) is 5.54. The lowest BCUT2D eigenvalue weighted by Crippen LogP contribution is -2.21. The van der Waals surface area contributed by atoms with Crippen molar-refractivity contribution in [2.24, 2.45) is 5.41 Å². The maximum atomic E-state index is 4.14. The van der Waals surface area contributed by atoms with Crippen LogP contribution in [-0.4, -0.2) is 4.83 Å². The second kappa shape index (κ2) is 4.31. The third-order valence-electron chi connectivity index (χ3n) is 2.21. The summed E-state index contributed by atoms with van der Waals surface area (Å²) in [6.45, 7) is 10.8. The lowest BCUT2D eigenvalue weighted by Gasteiger charge is -2.27. The molecule has 0 fully saturated rings. The Morgan fingerprint density at radius 2 is 1.71 bits per heavy atom. The molecule has 1 atom stereocenters. The van der Waals surface area contributed by atoms with E-state index in [0.717, 1.165) is 5.57 Å². The van der Waals surface area contributed by atoms with Gasteiger partial charge in [-0.25, -0.2) is 0 Å². The van der Waals surface area contributed by atoms with Crippen molar-refractivity contribution in [3.8, 4) is 0 Å². The molecule has 0 bridgehead atoms. The molecular weight excluding hydrogens is 236 g/mol. The van der Waals surface area contributed by atoms with Gasteiger partial charge in [-0.15, -0.1) is 0 Å². The Labute approximate surface area is 95.2 Å². The maximum Gasteiger partial charge on any atom is 0.0443 e. The Kier molecular flexibility index (Phi) is 3.54. The van der Waals surface area contributed by atoms with Crippen LogP contribution in [0.15, 0.2) is 36.9 Å². The lowest BCUT2D eigenvalue weighted by atomic mass is 9.86. The summed E-state index contributed by atoms with van der Waals surface area (Å²) in [5.74, 6) is 0. The number of allylic oxidation sites excluding steroid dienone is 1. The first-order valence-corrected chi connectivity index (χ1v) is 5.73. The Balaban J connectivity index is 2.87. The molecule has 1 aromatic rings. The van der Waals surface area contributed by atoms with Crippen LogP contribution in [0.3, 0.4) is 0 Å². The van der Waals surface area contributed by atoms with Crippen LogP contribution in [-0.2, 0) is 0 Å². The molecule has 0 saturated heterocycles. The molecule has 76 valence electrons. The summed E-state index contributed by atoms with van der Waals surface area (Å²) in [5, 5.41) is 0. The third-order valence-corrected chi connectivity index (χ3v) is 4.14. The summed E-state index contributed by atoms with van der Waals surface area (Å²) in [7, 11) is 0. The summed E-state index contributed by atoms with van der Waals surface area (Å²) < 4.78 is 0. The predicted molar refractivity (Wildman–Crippen MR) is 67.6 cm³/mol. The zero-order valence-corrected chi connectivity index (χ0v) is 10.6. The monoisotopic (exact) mass is 252 g/mol. The first kappa shape index (κ1) is 11.5. The lowest BCUT2D eigenvalue weighted by molar-refractivity contribution is 0.444. The summed E-state index contributed by atoms with van der Waals surface area (Å²) >= 11 is 3.70. The molecule has 0 heterocycles. The molecule has 0 radical (unpaired) electrons. The molecule has 0 amide bonds. The van der Waals surface area contributed by atoms with Gasteiger partial charge >= 0.3 is 0 Å². The third kappa shape index (κ3) is 2.71. The van der Waals surface area contributed by atoms with Crippen LogP contribution in [0.25, 0.3) is 5.57 Å². The zero-order chi connectivity index (χ0) is 10.8. The Morgan fingerprint density at radius 1 is 1.21 bits per heavy atom. The van der Waals surface area contributed by atoms with Crippen molar-refractivity contribution in [1.29, 1.82) is 0 Å². The highest BCUT2D eigenvalue weighted by molar-refractivity contribution is 9.09. The van der Waals surface area contributed by atoms with E-state index < -0.39 is 0 Å². The highest BCUT2D eigenvalue weighted by Crippen LogP contribution is 2.35. The molecule has 0 aliphatic heterocycles. The van der Waals surface area contributed by atoms with E-state index in [0.29, 0.717) is 4.83 Å². The minimum atomic E-state index is 0.201. The quantitative estimate of drug-likeness (QED) is 0.680. The van der Waals surface area contributed by atoms with Gasteiger partial charge in [-0.2, -0.15) is 0 Å². The number of hydrogen-bond acceptors (Lipinski definition) is 0. The van der Waals surface area contributed by atoms with Crippen LogP contribution in [0.1, 0.15) is 26.3 Å². The van der Waals surface area contributed by atoms with E-state index in [-0.39, 0.29) is 5.41 Å². The topological polar surface area (TPSA) is 0 Å². The van der Waals surface area contributed by atoms with E-state index in [4.69, 9.17) is 0 Å². The molecule has 1 aromatic carbocycles. The van der Waals surface area contributed by atoms with Crippen LogP contribution in [0, 0.1) is 5.41 Å². The SMILES string of the molecule is C=C(c1ccccc1)C(Br)C(C)(C)C. The van der Waals surface area contributed by atoms with Crippen molar-refractivity contribution >= 4 is 21.5 Å². The number of alkyl halides is 1. The van der Waals surface area contributed by atoms with Crippen LogP contribution >= 0.6 is 15.9 Å². The van der Waals surface area contributed by atoms with Crippen molar-refractivity contribution in [2.45, 2.75) is 25.6 Å². The standard InChI is InChI=1S/C13H17Br/c1-10(12(14)13(2,3)4)11-8-6-5-7-9-11/h5-9,12H,1H2,2-4H3. The molecule has 1 heteroatoms. The molecule has 0 aliphatic carbocycles. The smallest absolute Gasteiger partial charge is 0.0443 e. The van der Waals surface area contributed by atoms with E-state index >= 15 is 0 Å². The van der Waals surface area contributed by atoms with Crippen LogP contribution < -0.4 is 0 Å². The van der Waals surface area contributed by atoms with Crippen molar-refractivity contribution < 1.29 is 0 Å². The van der Waals surface area contributed by atoms with Gasteiger partial charge in [0.15, 0.2) is 0 Å². The number of halogens is 1. The van der Waals surface area contributed by atoms with Crippen LogP contribution in [0.5, 0.6) is 0 Å². The van der Waals surface area contributed by atoms with Crippen LogP contribution in [0.2, 0.25) is 0 Å². The van der Waals surface area contributed by atoms with E-state index in [2.05, 4.69) is 55.4 Å². The fraction of sp³-hybridized carbons (Fsp3) is 0.385. The Hall–Kier alpha value is -0.560. The molecule has 1 unspecified atom stereocenters. The van der Waals surface area contributed by atoms with E-state index in [1.165, 1.54) is 5.56 Å². The maximum absolute atomic E-state index is 4.14. The summed E-state index contributed by atoms with van der Waals surface area (Å²) in [6.07, 6.45) is 0. The first-order chi connectivity index (χ1) is 6.43. The van der Waals surface area contributed by atoms with Gasteiger partial charge in [-0.3, -0.25) is 0 Å². The molecule has 0 saturated carbocycles. The minimum Gasteiger partial charge on any atom is -0.0941 e. The molecule has 0 nitrogen and oxygen atoms in total. The first-order valence-electron chi connectivity index (χ1n) is 4.81. The van der Waals surface area contributed by atoms with Gasteiger partial charge in [0.1, 0.15) is 0 Å². The normalized spacial score (nSPS) is 13.7. The van der Waals surface area contributed by atoms with Gasteiger partial charge in [0.25, 0.3) is 0 Å². The predicted octanol–water partition coefficient (Wildman–Crippen LogP) is 4.51. The van der Waals surface area contributed by atoms with E-state index in [9.17, 15) is 0 Å². The highest BCUT2D eigenvalue weighted by Gasteiger charge is 2.24. The second-order valence-electron chi connectivity index (χ2n) is 4.62. The average Bonchev–Trinajstić information content (AvgIpc) is 2.15. The molecule has 1 rings (SSSR count). The van der Waals surface area contributed by atoms with Gasteiger partial charge in [0.2, 0.25) is 0 Å². The summed E-state index contributed by atoms with van der Waals surface area (Å²) in [5.41, 5.74) is 2.56. The fourth-order valence-electron chi connectivity index (χ4n) is 1.32. The van der Waals surface area contributed by atoms with Gasteiger partial charge in [-0.05, 0) is 16.6 Å². The molecule has 0 aliphatic rings. The van der Waals surface area contributed by atoms with Crippen molar-refractivity contribution in [1.82, 2.24) is 0 Å². The number of benzene rings is 1. The van der Waals surface area contributed by atoms with Crippen molar-refractivity contribution in [2.75, 3.05) is 0 Å². The fourth-order valence-corrected chi connectivity index (χ4v) is 1.59. The van der Waals surface area contributed by atoms with Crippen molar-refractivity contribution in [3.63, 3.8) is 0 Å². The van der Waals surface area contributed by atoms with Crippen LogP contribution in [0.4, 0.5) is 0 Å². The minimum absolute atomic E-state index is 0.201. The van der Waals surface area contributed by atoms with E-state index in [1.54, 1.807) is 0 Å². The largest absolute Gasteiger partial charge is 0.0941 e. The highest BCUT2D eigenvalue weighted by atomic mass is 79.9. The van der Waals surface area contributed by atoms with Gasteiger partial charge in [0, 0.05) is 4.83 Å². The van der Waals surface area contributed by atoms with Gasteiger partial charge < -0.3 is 0 Å². The molecule has 0 spiro atoms.